The third kappa shape index (κ3) is 6.60. The van der Waals surface area contributed by atoms with Gasteiger partial charge in [-0.05, 0) is 132 Å². The van der Waals surface area contributed by atoms with Gasteiger partial charge in [-0.25, -0.2) is 0 Å². The normalized spacial score (nSPS) is 30.6. The quantitative estimate of drug-likeness (QED) is 0.371. The Bertz CT molecular complexity index is 546. The van der Waals surface area contributed by atoms with Crippen LogP contribution < -0.4 is 0 Å². The van der Waals surface area contributed by atoms with Gasteiger partial charge in [-0.1, -0.05) is 52.4 Å². The van der Waals surface area contributed by atoms with Gasteiger partial charge in [0.15, 0.2) is 0 Å². The Morgan fingerprint density at radius 2 is 1.15 bits per heavy atom. The number of aliphatic hydroxyl groups is 2. The lowest BCUT2D eigenvalue weighted by atomic mass is 9.59. The van der Waals surface area contributed by atoms with Gasteiger partial charge in [0.05, 0.1) is 11.7 Å². The summed E-state index contributed by atoms with van der Waals surface area (Å²) in [5.74, 6) is 3.85. The minimum Gasteiger partial charge on any atom is -0.393 e. The largest absolute Gasteiger partial charge is 0.393 e. The van der Waals surface area contributed by atoms with Gasteiger partial charge in [-0.3, -0.25) is 0 Å². The molecule has 0 aromatic rings. The first-order chi connectivity index (χ1) is 16.5. The van der Waals surface area contributed by atoms with Gasteiger partial charge in [0.1, 0.15) is 0 Å². The van der Waals surface area contributed by atoms with Crippen LogP contribution in [-0.4, -0.2) is 46.5 Å². The van der Waals surface area contributed by atoms with E-state index in [0.29, 0.717) is 23.7 Å². The Hall–Kier alpha value is -0.120. The Kier molecular flexibility index (Phi) is 10.2. The molecule has 0 spiro atoms. The summed E-state index contributed by atoms with van der Waals surface area (Å²) in [5, 5.41) is 23.2. The average molecular weight is 476 g/mol. The van der Waals surface area contributed by atoms with Crippen molar-refractivity contribution in [1.82, 2.24) is 4.90 Å². The van der Waals surface area contributed by atoms with E-state index in [1.807, 2.05) is 0 Å². The number of hydrogen-bond acceptors (Lipinski definition) is 3. The molecule has 1 unspecified atom stereocenters. The number of nitrogens with zero attached hydrogens (tertiary/aromatic N) is 1. The molecule has 2 N–H and O–H groups in total. The van der Waals surface area contributed by atoms with Gasteiger partial charge >= 0.3 is 0 Å². The highest BCUT2D eigenvalue weighted by atomic mass is 16.3. The third-order valence-corrected chi connectivity index (χ3v) is 11.0. The molecule has 198 valence electrons. The summed E-state index contributed by atoms with van der Waals surface area (Å²) in [6.07, 6.45) is 22.6. The molecule has 1 heterocycles. The second kappa shape index (κ2) is 12.9. The number of aliphatic hydroxyl groups excluding tert-OH is 1. The summed E-state index contributed by atoms with van der Waals surface area (Å²) in [5.41, 5.74) is -0.391. The molecule has 1 atom stereocenters. The molecule has 0 aromatic heterocycles. The van der Waals surface area contributed by atoms with E-state index in [9.17, 15) is 10.2 Å². The molecular formula is C31H57NO2. The van der Waals surface area contributed by atoms with Crippen molar-refractivity contribution in [3.8, 4) is 0 Å². The summed E-state index contributed by atoms with van der Waals surface area (Å²) in [6.45, 7) is 8.16. The number of likely N-dealkylation sites (tertiary alicyclic amines) is 1. The van der Waals surface area contributed by atoms with Gasteiger partial charge in [0, 0.05) is 0 Å². The minimum atomic E-state index is -0.391. The highest BCUT2D eigenvalue weighted by molar-refractivity contribution is 5.00. The van der Waals surface area contributed by atoms with Crippen LogP contribution >= 0.6 is 0 Å². The van der Waals surface area contributed by atoms with Gasteiger partial charge in [0.25, 0.3) is 0 Å². The van der Waals surface area contributed by atoms with Crippen LogP contribution in [0.5, 0.6) is 0 Å². The smallest absolute Gasteiger partial charge is 0.0732 e. The van der Waals surface area contributed by atoms with Gasteiger partial charge in [-0.15, -0.1) is 0 Å². The molecule has 0 bridgehead atoms. The van der Waals surface area contributed by atoms with E-state index in [0.717, 1.165) is 44.3 Å². The van der Waals surface area contributed by atoms with Gasteiger partial charge in [-0.2, -0.15) is 0 Å². The molecule has 1 aliphatic heterocycles. The highest BCUT2D eigenvalue weighted by Crippen LogP contribution is 2.49. The minimum absolute atomic E-state index is 0.0895. The summed E-state index contributed by atoms with van der Waals surface area (Å²) in [7, 11) is 0. The number of rotatable bonds is 9. The Balaban J connectivity index is 1.22. The van der Waals surface area contributed by atoms with E-state index >= 15 is 0 Å². The van der Waals surface area contributed by atoms with Crippen molar-refractivity contribution < 1.29 is 10.2 Å². The molecule has 4 rings (SSSR count). The molecule has 3 nitrogen and oxygen atoms in total. The molecule has 3 aliphatic carbocycles. The van der Waals surface area contributed by atoms with Crippen molar-refractivity contribution in [1.29, 1.82) is 0 Å². The second-order valence-electron chi connectivity index (χ2n) is 13.3. The summed E-state index contributed by atoms with van der Waals surface area (Å²) >= 11 is 0. The fourth-order valence-electron chi connectivity index (χ4n) is 8.71. The number of piperidine rings is 1. The molecule has 0 amide bonds. The lowest BCUT2D eigenvalue weighted by Crippen LogP contribution is -2.55. The maximum atomic E-state index is 12.4. The van der Waals surface area contributed by atoms with E-state index < -0.39 is 5.60 Å². The number of hydrogen-bond donors (Lipinski definition) is 2. The van der Waals surface area contributed by atoms with Gasteiger partial charge < -0.3 is 15.1 Å². The molecule has 3 heteroatoms. The third-order valence-electron chi connectivity index (χ3n) is 11.0. The van der Waals surface area contributed by atoms with E-state index in [1.54, 1.807) is 0 Å². The van der Waals surface area contributed by atoms with E-state index in [4.69, 9.17) is 0 Å². The van der Waals surface area contributed by atoms with Crippen molar-refractivity contribution in [2.24, 2.45) is 35.5 Å². The summed E-state index contributed by atoms with van der Waals surface area (Å²) < 4.78 is 0. The zero-order valence-electron chi connectivity index (χ0n) is 22.7. The predicted molar refractivity (Wildman–Crippen MR) is 143 cm³/mol. The molecule has 1 saturated heterocycles. The maximum absolute atomic E-state index is 12.4. The Morgan fingerprint density at radius 3 is 1.65 bits per heavy atom. The fourth-order valence-corrected chi connectivity index (χ4v) is 8.71. The van der Waals surface area contributed by atoms with Crippen LogP contribution in [0, 0.1) is 35.5 Å². The fraction of sp³-hybridized carbons (Fsp3) is 1.00. The second-order valence-corrected chi connectivity index (χ2v) is 13.3. The van der Waals surface area contributed by atoms with E-state index in [2.05, 4.69) is 18.7 Å². The molecule has 4 aliphatic rings. The molecule has 0 aromatic carbocycles. The van der Waals surface area contributed by atoms with Gasteiger partial charge in [0.2, 0.25) is 0 Å². The monoisotopic (exact) mass is 475 g/mol. The first-order valence-corrected chi connectivity index (χ1v) is 15.6. The predicted octanol–water partition coefficient (Wildman–Crippen LogP) is 7.19. The molecule has 4 fully saturated rings. The topological polar surface area (TPSA) is 43.7 Å². The van der Waals surface area contributed by atoms with Crippen molar-refractivity contribution in [2.45, 2.75) is 141 Å². The maximum Gasteiger partial charge on any atom is 0.0732 e. The zero-order chi connectivity index (χ0) is 24.0. The van der Waals surface area contributed by atoms with Crippen LogP contribution in [0.2, 0.25) is 0 Å². The van der Waals surface area contributed by atoms with Crippen LogP contribution in [0.1, 0.15) is 129 Å². The van der Waals surface area contributed by atoms with Crippen molar-refractivity contribution in [2.75, 3.05) is 19.6 Å². The SMILES string of the molecule is CC(C)C1CCC(C(O)CCCN2CCC(C(O)(C3CCCCC3)C3CCCCC3)CC2)CC1. The van der Waals surface area contributed by atoms with Crippen LogP contribution in [-0.2, 0) is 0 Å². The first-order valence-electron chi connectivity index (χ1n) is 15.6. The first kappa shape index (κ1) is 26.9. The van der Waals surface area contributed by atoms with Crippen molar-refractivity contribution in [3.63, 3.8) is 0 Å². The van der Waals surface area contributed by atoms with Crippen LogP contribution in [0.4, 0.5) is 0 Å². The molecule has 0 radical (unpaired) electrons. The van der Waals surface area contributed by atoms with Crippen molar-refractivity contribution >= 4 is 0 Å². The Labute approximate surface area is 211 Å². The summed E-state index contributed by atoms with van der Waals surface area (Å²) in [4.78, 5) is 2.64. The lowest BCUT2D eigenvalue weighted by Gasteiger charge is -2.52. The summed E-state index contributed by atoms with van der Waals surface area (Å²) in [6, 6.07) is 0. The average Bonchev–Trinajstić information content (AvgIpc) is 2.89. The zero-order valence-corrected chi connectivity index (χ0v) is 22.7. The van der Waals surface area contributed by atoms with Crippen molar-refractivity contribution in [3.05, 3.63) is 0 Å². The van der Waals surface area contributed by atoms with Crippen LogP contribution in [0.15, 0.2) is 0 Å². The van der Waals surface area contributed by atoms with E-state index in [1.165, 1.54) is 103 Å². The van der Waals surface area contributed by atoms with Crippen LogP contribution in [0.25, 0.3) is 0 Å². The van der Waals surface area contributed by atoms with E-state index in [-0.39, 0.29) is 6.10 Å². The molecular weight excluding hydrogens is 418 g/mol. The molecule has 3 saturated carbocycles. The standard InChI is InChI=1S/C31H57NO2/c1-24(2)25-15-17-26(18-16-25)30(33)14-9-21-32-22-19-29(20-23-32)31(34,27-10-5-3-6-11-27)28-12-7-4-8-13-28/h24-30,33-34H,3-23H2,1-2H3. The highest BCUT2D eigenvalue weighted by Gasteiger charge is 2.49. The Morgan fingerprint density at radius 1 is 0.676 bits per heavy atom. The van der Waals surface area contributed by atoms with Crippen LogP contribution in [0.3, 0.4) is 0 Å². The lowest BCUT2D eigenvalue weighted by molar-refractivity contribution is -0.145. The molecule has 34 heavy (non-hydrogen) atoms.